The second-order valence-corrected chi connectivity index (χ2v) is 8.30. The normalized spacial score (nSPS) is 22.7. The molecule has 2 aliphatic rings. The van der Waals surface area contributed by atoms with E-state index in [0.29, 0.717) is 6.42 Å². The van der Waals surface area contributed by atoms with Gasteiger partial charge in [0.1, 0.15) is 5.82 Å². The van der Waals surface area contributed by atoms with Gasteiger partial charge in [0.2, 0.25) is 5.91 Å². The Balaban J connectivity index is 1.44. The highest BCUT2D eigenvalue weighted by Gasteiger charge is 2.30. The minimum atomic E-state index is 0.0713. The predicted octanol–water partition coefficient (Wildman–Crippen LogP) is 3.39. The average molecular weight is 367 g/mol. The molecular formula is C21H29N5O. The molecule has 6 heteroatoms. The van der Waals surface area contributed by atoms with E-state index in [2.05, 4.69) is 32.3 Å². The van der Waals surface area contributed by atoms with Crippen LogP contribution in [0.4, 0.5) is 5.69 Å². The third-order valence-electron chi connectivity index (χ3n) is 5.83. The van der Waals surface area contributed by atoms with Crippen molar-refractivity contribution in [3.8, 4) is 11.4 Å². The van der Waals surface area contributed by atoms with E-state index in [0.717, 1.165) is 55.4 Å². The molecule has 27 heavy (non-hydrogen) atoms. The van der Waals surface area contributed by atoms with Crippen molar-refractivity contribution in [3.05, 3.63) is 30.1 Å². The molecule has 1 unspecified atom stereocenters. The summed E-state index contributed by atoms with van der Waals surface area (Å²) in [5.74, 6) is 2.12. The third-order valence-corrected chi connectivity index (χ3v) is 5.83. The van der Waals surface area contributed by atoms with Gasteiger partial charge in [-0.15, -0.1) is 10.2 Å². The Morgan fingerprint density at radius 2 is 2.00 bits per heavy atom. The molecule has 2 aromatic rings. The zero-order valence-corrected chi connectivity index (χ0v) is 16.1. The van der Waals surface area contributed by atoms with Gasteiger partial charge in [0.25, 0.3) is 0 Å². The molecule has 2 N–H and O–H groups in total. The fraction of sp³-hybridized carbons (Fsp3) is 0.571. The molecule has 1 aromatic heterocycles. The summed E-state index contributed by atoms with van der Waals surface area (Å²) in [7, 11) is 0. The Bertz CT molecular complexity index is 789. The van der Waals surface area contributed by atoms with Gasteiger partial charge in [0, 0.05) is 37.2 Å². The molecule has 4 rings (SSSR count). The fourth-order valence-corrected chi connectivity index (χ4v) is 4.19. The smallest absolute Gasteiger partial charge is 0.224 e. The van der Waals surface area contributed by atoms with Crippen LogP contribution in [0.5, 0.6) is 0 Å². The number of carbonyl (C=O) groups excluding carboxylic acids is 1. The first kappa shape index (κ1) is 18.2. The second-order valence-electron chi connectivity index (χ2n) is 8.30. The molecule has 1 atom stereocenters. The highest BCUT2D eigenvalue weighted by Crippen LogP contribution is 2.29. The van der Waals surface area contributed by atoms with Crippen molar-refractivity contribution in [1.82, 2.24) is 20.1 Å². The first-order valence-electron chi connectivity index (χ1n) is 10.2. The maximum Gasteiger partial charge on any atom is 0.224 e. The zero-order valence-electron chi connectivity index (χ0n) is 16.1. The highest BCUT2D eigenvalue weighted by atomic mass is 16.1. The monoisotopic (exact) mass is 367 g/mol. The molecule has 1 fully saturated rings. The number of nitrogens with one attached hydrogen (secondary N) is 2. The molecule has 2 aliphatic heterocycles. The number of aryl methyl sites for hydroxylation is 1. The first-order valence-corrected chi connectivity index (χ1v) is 10.2. The lowest BCUT2D eigenvalue weighted by atomic mass is 9.86. The number of carbonyl (C=O) groups is 1. The molecule has 1 amide bonds. The molecule has 0 bridgehead atoms. The summed E-state index contributed by atoms with van der Waals surface area (Å²) in [6, 6.07) is 8.00. The van der Waals surface area contributed by atoms with Gasteiger partial charge in [-0.05, 0) is 55.5 Å². The summed E-state index contributed by atoms with van der Waals surface area (Å²) >= 11 is 0. The predicted molar refractivity (Wildman–Crippen MR) is 106 cm³/mol. The van der Waals surface area contributed by atoms with Crippen LogP contribution in [0.1, 0.15) is 51.3 Å². The quantitative estimate of drug-likeness (QED) is 0.869. The number of anilines is 1. The molecule has 0 saturated carbocycles. The number of fused-ring (bicyclic) bond motifs is 1. The number of hydrogen-bond donors (Lipinski definition) is 2. The third kappa shape index (κ3) is 4.21. The molecule has 0 spiro atoms. The van der Waals surface area contributed by atoms with Crippen LogP contribution in [-0.2, 0) is 17.8 Å². The van der Waals surface area contributed by atoms with E-state index >= 15 is 0 Å². The van der Waals surface area contributed by atoms with Crippen LogP contribution in [0.3, 0.4) is 0 Å². The van der Waals surface area contributed by atoms with Crippen molar-refractivity contribution < 1.29 is 4.79 Å². The first-order chi connectivity index (χ1) is 13.1. The van der Waals surface area contributed by atoms with Gasteiger partial charge in [0.15, 0.2) is 5.82 Å². The molecule has 6 nitrogen and oxygen atoms in total. The van der Waals surface area contributed by atoms with Crippen LogP contribution in [-0.4, -0.2) is 33.8 Å². The van der Waals surface area contributed by atoms with Crippen molar-refractivity contribution in [2.24, 2.45) is 5.41 Å². The van der Waals surface area contributed by atoms with E-state index in [4.69, 9.17) is 0 Å². The Hall–Kier alpha value is -2.21. The van der Waals surface area contributed by atoms with E-state index in [1.165, 1.54) is 25.7 Å². The number of aromatic nitrogens is 3. The van der Waals surface area contributed by atoms with E-state index in [-0.39, 0.29) is 11.3 Å². The van der Waals surface area contributed by atoms with Crippen molar-refractivity contribution in [2.75, 3.05) is 18.4 Å². The summed E-state index contributed by atoms with van der Waals surface area (Å²) in [5, 5.41) is 15.2. The second kappa shape index (κ2) is 7.80. The highest BCUT2D eigenvalue weighted by molar-refractivity contribution is 5.91. The van der Waals surface area contributed by atoms with Crippen molar-refractivity contribution in [2.45, 2.75) is 58.4 Å². The maximum absolute atomic E-state index is 12.4. The Morgan fingerprint density at radius 1 is 1.19 bits per heavy atom. The van der Waals surface area contributed by atoms with E-state index in [1.54, 1.807) is 0 Å². The summed E-state index contributed by atoms with van der Waals surface area (Å²) < 4.78 is 2.26. The van der Waals surface area contributed by atoms with Gasteiger partial charge < -0.3 is 15.2 Å². The van der Waals surface area contributed by atoms with E-state index in [1.807, 2.05) is 24.3 Å². The van der Waals surface area contributed by atoms with Gasteiger partial charge in [-0.3, -0.25) is 4.79 Å². The number of benzene rings is 1. The van der Waals surface area contributed by atoms with Crippen molar-refractivity contribution in [1.29, 1.82) is 0 Å². The lowest BCUT2D eigenvalue weighted by Crippen LogP contribution is -2.26. The lowest BCUT2D eigenvalue weighted by molar-refractivity contribution is -0.118. The van der Waals surface area contributed by atoms with E-state index < -0.39 is 0 Å². The van der Waals surface area contributed by atoms with Crippen LogP contribution >= 0.6 is 0 Å². The summed E-state index contributed by atoms with van der Waals surface area (Å²) in [4.78, 5) is 12.4. The number of hydrogen-bond acceptors (Lipinski definition) is 4. The van der Waals surface area contributed by atoms with Crippen LogP contribution in [0, 0.1) is 5.41 Å². The van der Waals surface area contributed by atoms with Crippen LogP contribution in [0.2, 0.25) is 0 Å². The summed E-state index contributed by atoms with van der Waals surface area (Å²) in [6.07, 6.45) is 7.55. The number of rotatable bonds is 4. The Morgan fingerprint density at radius 3 is 2.78 bits per heavy atom. The van der Waals surface area contributed by atoms with Gasteiger partial charge in [-0.1, -0.05) is 19.8 Å². The molecule has 1 saturated heterocycles. The zero-order chi connectivity index (χ0) is 18.7. The minimum Gasteiger partial charge on any atom is -0.326 e. The maximum atomic E-state index is 12.4. The van der Waals surface area contributed by atoms with Crippen LogP contribution < -0.4 is 10.6 Å². The average Bonchev–Trinajstić information content (AvgIpc) is 3.21. The van der Waals surface area contributed by atoms with Gasteiger partial charge in [-0.2, -0.15) is 0 Å². The van der Waals surface area contributed by atoms with Crippen molar-refractivity contribution in [3.63, 3.8) is 0 Å². The van der Waals surface area contributed by atoms with Gasteiger partial charge >= 0.3 is 0 Å². The Labute approximate surface area is 160 Å². The van der Waals surface area contributed by atoms with Gasteiger partial charge in [0.05, 0.1) is 0 Å². The van der Waals surface area contributed by atoms with Crippen LogP contribution in [0.15, 0.2) is 24.3 Å². The van der Waals surface area contributed by atoms with Crippen molar-refractivity contribution >= 4 is 11.6 Å². The molecular weight excluding hydrogens is 338 g/mol. The summed E-state index contributed by atoms with van der Waals surface area (Å²) in [5.41, 5.74) is 1.96. The molecule has 0 aliphatic carbocycles. The standard InChI is InChI=1S/C21H29N5O/c1-21(11-12-22-15-21)14-19(27)23-17-9-7-16(8-10-17)20-25-24-18-6-4-2-3-5-13-26(18)20/h7-10,22H,2-6,11-15H2,1H3,(H,23,27). The summed E-state index contributed by atoms with van der Waals surface area (Å²) in [6.45, 7) is 5.08. The largest absolute Gasteiger partial charge is 0.326 e. The van der Waals surface area contributed by atoms with Gasteiger partial charge in [-0.25, -0.2) is 0 Å². The SMILES string of the molecule is CC1(CC(=O)Nc2ccc(-c3nnc4n3CCCCCC4)cc2)CCNC1. The van der Waals surface area contributed by atoms with E-state index in [9.17, 15) is 4.79 Å². The number of amides is 1. The molecule has 144 valence electrons. The lowest BCUT2D eigenvalue weighted by Gasteiger charge is -2.21. The topological polar surface area (TPSA) is 71.8 Å². The Kier molecular flexibility index (Phi) is 5.25. The molecule has 3 heterocycles. The molecule has 1 aromatic carbocycles. The molecule has 0 radical (unpaired) electrons. The minimum absolute atomic E-state index is 0.0713. The number of nitrogens with zero attached hydrogens (tertiary/aromatic N) is 3. The van der Waals surface area contributed by atoms with Crippen LogP contribution in [0.25, 0.3) is 11.4 Å². The fourth-order valence-electron chi connectivity index (χ4n) is 4.19.